The second-order valence-electron chi connectivity index (χ2n) is 8.44. The summed E-state index contributed by atoms with van der Waals surface area (Å²) in [7, 11) is 3.77. The number of piperazine rings is 1. The van der Waals surface area contributed by atoms with Crippen molar-refractivity contribution in [3.63, 3.8) is 0 Å². The Morgan fingerprint density at radius 1 is 0.939 bits per heavy atom. The summed E-state index contributed by atoms with van der Waals surface area (Å²) in [4.78, 5) is 24.3. The van der Waals surface area contributed by atoms with E-state index in [4.69, 9.17) is 0 Å². The molecule has 7 nitrogen and oxygen atoms in total. The van der Waals surface area contributed by atoms with Crippen LogP contribution in [0.25, 0.3) is 33.3 Å². The molecule has 0 atom stereocenters. The van der Waals surface area contributed by atoms with E-state index in [1.54, 1.807) is 7.05 Å². The van der Waals surface area contributed by atoms with Crippen molar-refractivity contribution in [2.45, 2.75) is 0 Å². The van der Waals surface area contributed by atoms with Gasteiger partial charge in [-0.05, 0) is 48.5 Å². The molecule has 0 aliphatic carbocycles. The SMILES string of the molecule is CNC(=O)Nc1ccc(-c2c[nH]c3ncc(-c4ccc(N5CCN(C)CC5)cc4)cc23)cc1. The lowest BCUT2D eigenvalue weighted by Gasteiger charge is -2.34. The zero-order chi connectivity index (χ0) is 22.8. The fraction of sp³-hybridized carbons (Fsp3) is 0.231. The lowest BCUT2D eigenvalue weighted by atomic mass is 10.0. The first-order chi connectivity index (χ1) is 16.1. The molecule has 5 rings (SSSR count). The van der Waals surface area contributed by atoms with Crippen molar-refractivity contribution in [1.29, 1.82) is 0 Å². The maximum Gasteiger partial charge on any atom is 0.318 e. The van der Waals surface area contributed by atoms with Gasteiger partial charge in [-0.15, -0.1) is 0 Å². The average Bonchev–Trinajstić information content (AvgIpc) is 3.28. The second-order valence-corrected chi connectivity index (χ2v) is 8.44. The van der Waals surface area contributed by atoms with E-state index in [1.807, 2.05) is 36.7 Å². The standard InChI is InChI=1S/C26H28N6O/c1-27-26(33)30-21-7-3-19(4-8-21)24-17-29-25-23(24)15-20(16-28-25)18-5-9-22(10-6-18)32-13-11-31(2)12-14-32/h3-10,15-17H,11-14H2,1-2H3,(H,28,29)(H2,27,30,33). The minimum absolute atomic E-state index is 0.234. The number of rotatable bonds is 4. The smallest absolute Gasteiger partial charge is 0.318 e. The van der Waals surface area contributed by atoms with E-state index in [0.29, 0.717) is 0 Å². The number of H-pyrrole nitrogens is 1. The molecule has 168 valence electrons. The van der Waals surface area contributed by atoms with Crippen LogP contribution >= 0.6 is 0 Å². The van der Waals surface area contributed by atoms with Crippen LogP contribution in [0.4, 0.5) is 16.2 Å². The number of benzene rings is 2. The van der Waals surface area contributed by atoms with E-state index in [0.717, 1.165) is 65.2 Å². The van der Waals surface area contributed by atoms with E-state index in [1.165, 1.54) is 5.69 Å². The van der Waals surface area contributed by atoms with Crippen molar-refractivity contribution >= 4 is 28.4 Å². The van der Waals surface area contributed by atoms with Gasteiger partial charge in [0.15, 0.2) is 0 Å². The Hall–Kier alpha value is -3.84. The Morgan fingerprint density at radius 3 is 2.33 bits per heavy atom. The number of carbonyl (C=O) groups excluding carboxylic acids is 1. The number of hydrogen-bond acceptors (Lipinski definition) is 4. The molecule has 1 saturated heterocycles. The third kappa shape index (κ3) is 4.40. The summed E-state index contributed by atoms with van der Waals surface area (Å²) < 4.78 is 0. The largest absolute Gasteiger partial charge is 0.369 e. The summed E-state index contributed by atoms with van der Waals surface area (Å²) in [6.07, 6.45) is 3.91. The normalized spacial score (nSPS) is 14.4. The van der Waals surface area contributed by atoms with Crippen LogP contribution < -0.4 is 15.5 Å². The Balaban J connectivity index is 1.40. The Labute approximate surface area is 193 Å². The van der Waals surface area contributed by atoms with Crippen molar-refractivity contribution < 1.29 is 4.79 Å². The van der Waals surface area contributed by atoms with Crippen LogP contribution in [0, 0.1) is 0 Å². The molecule has 3 N–H and O–H groups in total. The van der Waals surface area contributed by atoms with Crippen molar-refractivity contribution in [1.82, 2.24) is 20.2 Å². The first kappa shape index (κ1) is 21.0. The number of nitrogens with one attached hydrogen (secondary N) is 3. The van der Waals surface area contributed by atoms with Crippen molar-refractivity contribution in [2.75, 3.05) is 50.5 Å². The first-order valence-corrected chi connectivity index (χ1v) is 11.2. The lowest BCUT2D eigenvalue weighted by Crippen LogP contribution is -2.44. The topological polar surface area (TPSA) is 76.3 Å². The molecule has 1 aliphatic rings. The van der Waals surface area contributed by atoms with Gasteiger partial charge in [0, 0.05) is 73.5 Å². The fourth-order valence-electron chi connectivity index (χ4n) is 4.26. The van der Waals surface area contributed by atoms with E-state index >= 15 is 0 Å². The van der Waals surface area contributed by atoms with Gasteiger partial charge >= 0.3 is 6.03 Å². The van der Waals surface area contributed by atoms with E-state index in [-0.39, 0.29) is 6.03 Å². The minimum atomic E-state index is -0.234. The van der Waals surface area contributed by atoms with Gasteiger partial charge in [0.2, 0.25) is 0 Å². The highest BCUT2D eigenvalue weighted by atomic mass is 16.2. The van der Waals surface area contributed by atoms with Crippen LogP contribution in [0.5, 0.6) is 0 Å². The highest BCUT2D eigenvalue weighted by Crippen LogP contribution is 2.32. The molecule has 0 saturated carbocycles. The number of anilines is 2. The molecular weight excluding hydrogens is 412 g/mol. The molecule has 2 aromatic heterocycles. The van der Waals surface area contributed by atoms with E-state index in [9.17, 15) is 4.79 Å². The predicted molar refractivity (Wildman–Crippen MR) is 135 cm³/mol. The summed E-state index contributed by atoms with van der Waals surface area (Å²) in [6.45, 7) is 4.32. The molecule has 0 bridgehead atoms. The number of hydrogen-bond donors (Lipinski definition) is 3. The number of pyridine rings is 1. The third-order valence-corrected chi connectivity index (χ3v) is 6.28. The quantitative estimate of drug-likeness (QED) is 0.440. The second kappa shape index (κ2) is 8.96. The number of aromatic amines is 1. The highest BCUT2D eigenvalue weighted by molar-refractivity contribution is 5.96. The molecule has 0 radical (unpaired) electrons. The van der Waals surface area contributed by atoms with Gasteiger partial charge in [-0.1, -0.05) is 24.3 Å². The van der Waals surface area contributed by atoms with Gasteiger partial charge in [0.25, 0.3) is 0 Å². The molecule has 0 unspecified atom stereocenters. The molecule has 7 heteroatoms. The lowest BCUT2D eigenvalue weighted by molar-refractivity contribution is 0.254. The molecule has 3 heterocycles. The molecule has 4 aromatic rings. The summed E-state index contributed by atoms with van der Waals surface area (Å²) in [5, 5.41) is 6.42. The van der Waals surface area contributed by atoms with Crippen LogP contribution in [0.15, 0.2) is 67.0 Å². The fourth-order valence-corrected chi connectivity index (χ4v) is 4.26. The molecule has 2 amide bonds. The number of urea groups is 1. The van der Waals surface area contributed by atoms with Gasteiger partial charge in [-0.2, -0.15) is 0 Å². The molecule has 1 fully saturated rings. The van der Waals surface area contributed by atoms with Crippen LogP contribution in [0.1, 0.15) is 0 Å². The van der Waals surface area contributed by atoms with E-state index in [2.05, 4.69) is 67.8 Å². The van der Waals surface area contributed by atoms with E-state index < -0.39 is 0 Å². The predicted octanol–water partition coefficient (Wildman–Crippen LogP) is 4.40. The van der Waals surface area contributed by atoms with Gasteiger partial charge in [-0.3, -0.25) is 0 Å². The molecular formula is C26H28N6O. The van der Waals surface area contributed by atoms with Crippen LogP contribution in [0.2, 0.25) is 0 Å². The number of nitrogens with zero attached hydrogens (tertiary/aromatic N) is 3. The maximum absolute atomic E-state index is 11.5. The number of carbonyl (C=O) groups is 1. The number of aromatic nitrogens is 2. The van der Waals surface area contributed by atoms with Crippen molar-refractivity contribution in [3.8, 4) is 22.3 Å². The van der Waals surface area contributed by atoms with Gasteiger partial charge in [-0.25, -0.2) is 9.78 Å². The Bertz CT molecular complexity index is 1250. The monoisotopic (exact) mass is 440 g/mol. The Morgan fingerprint density at radius 2 is 1.64 bits per heavy atom. The van der Waals surface area contributed by atoms with Crippen molar-refractivity contribution in [3.05, 3.63) is 67.0 Å². The molecule has 1 aliphatic heterocycles. The number of likely N-dealkylation sites (N-methyl/N-ethyl adjacent to an activating group) is 1. The zero-order valence-corrected chi connectivity index (χ0v) is 18.9. The molecule has 2 aromatic carbocycles. The summed E-state index contributed by atoms with van der Waals surface area (Å²) in [6, 6.07) is 18.6. The Kier molecular flexibility index (Phi) is 5.71. The third-order valence-electron chi connectivity index (χ3n) is 6.28. The van der Waals surface area contributed by atoms with Crippen LogP contribution in [0.3, 0.4) is 0 Å². The van der Waals surface area contributed by atoms with Crippen LogP contribution in [-0.2, 0) is 0 Å². The highest BCUT2D eigenvalue weighted by Gasteiger charge is 2.15. The first-order valence-electron chi connectivity index (χ1n) is 11.2. The van der Waals surface area contributed by atoms with Gasteiger partial charge < -0.3 is 25.4 Å². The number of amides is 2. The minimum Gasteiger partial charge on any atom is -0.369 e. The number of fused-ring (bicyclic) bond motifs is 1. The summed E-state index contributed by atoms with van der Waals surface area (Å²) in [5.41, 5.74) is 7.26. The summed E-state index contributed by atoms with van der Waals surface area (Å²) >= 11 is 0. The molecule has 33 heavy (non-hydrogen) atoms. The maximum atomic E-state index is 11.5. The van der Waals surface area contributed by atoms with Gasteiger partial charge in [0.1, 0.15) is 5.65 Å². The van der Waals surface area contributed by atoms with Crippen LogP contribution in [-0.4, -0.2) is 61.2 Å². The van der Waals surface area contributed by atoms with Crippen molar-refractivity contribution in [2.24, 2.45) is 0 Å². The average molecular weight is 441 g/mol. The molecule has 0 spiro atoms. The summed E-state index contributed by atoms with van der Waals surface area (Å²) in [5.74, 6) is 0. The van der Waals surface area contributed by atoms with Gasteiger partial charge in [0.05, 0.1) is 0 Å². The zero-order valence-electron chi connectivity index (χ0n) is 18.9.